The highest BCUT2D eigenvalue weighted by atomic mass is 16.6. The fraction of sp³-hybridized carbons (Fsp3) is 0.0476. The maximum Gasteiger partial charge on any atom is 0.276 e. The van der Waals surface area contributed by atoms with E-state index in [9.17, 15) is 19.7 Å². The van der Waals surface area contributed by atoms with Crippen molar-refractivity contribution in [3.63, 3.8) is 0 Å². The molecular weight excluding hydrogens is 372 g/mol. The van der Waals surface area contributed by atoms with Gasteiger partial charge in [-0.1, -0.05) is 42.5 Å². The summed E-state index contributed by atoms with van der Waals surface area (Å²) in [4.78, 5) is 36.9. The van der Waals surface area contributed by atoms with Gasteiger partial charge in [0.15, 0.2) is 6.17 Å². The molecule has 3 aromatic carbocycles. The monoisotopic (exact) mass is 388 g/mol. The van der Waals surface area contributed by atoms with Gasteiger partial charge in [-0.15, -0.1) is 0 Å². The van der Waals surface area contributed by atoms with Gasteiger partial charge in [0.05, 0.1) is 16.1 Å². The third-order valence-electron chi connectivity index (χ3n) is 4.61. The number of rotatable bonds is 4. The highest BCUT2D eigenvalue weighted by Gasteiger charge is 2.37. The van der Waals surface area contributed by atoms with Gasteiger partial charge < -0.3 is 5.32 Å². The Kier molecular flexibility index (Phi) is 4.66. The predicted molar refractivity (Wildman–Crippen MR) is 106 cm³/mol. The number of carbonyl (C=O) groups excluding carboxylic acids is 2. The first kappa shape index (κ1) is 18.2. The van der Waals surface area contributed by atoms with Crippen molar-refractivity contribution in [2.24, 2.45) is 0 Å². The topological polar surface area (TPSA) is 105 Å². The maximum atomic E-state index is 13.1. The molecule has 0 spiro atoms. The second kappa shape index (κ2) is 7.43. The van der Waals surface area contributed by atoms with E-state index in [-0.39, 0.29) is 11.3 Å². The molecule has 29 heavy (non-hydrogen) atoms. The number of nitro groups is 1. The molecule has 8 nitrogen and oxygen atoms in total. The van der Waals surface area contributed by atoms with E-state index < -0.39 is 22.9 Å². The number of hydrogen-bond acceptors (Lipinski definition) is 5. The summed E-state index contributed by atoms with van der Waals surface area (Å²) in [7, 11) is 0. The zero-order chi connectivity index (χ0) is 20.4. The molecule has 1 heterocycles. The van der Waals surface area contributed by atoms with Crippen LogP contribution in [0.5, 0.6) is 0 Å². The number of para-hydroxylation sites is 2. The molecule has 3 aromatic rings. The first-order valence-corrected chi connectivity index (χ1v) is 8.85. The van der Waals surface area contributed by atoms with E-state index in [0.717, 1.165) is 5.01 Å². The lowest BCUT2D eigenvalue weighted by Crippen LogP contribution is -2.53. The summed E-state index contributed by atoms with van der Waals surface area (Å²) >= 11 is 0. The molecule has 0 aliphatic carbocycles. The maximum absolute atomic E-state index is 13.1. The van der Waals surface area contributed by atoms with Gasteiger partial charge >= 0.3 is 0 Å². The molecule has 8 heteroatoms. The van der Waals surface area contributed by atoms with Crippen LogP contribution in [0.2, 0.25) is 0 Å². The van der Waals surface area contributed by atoms with Crippen molar-refractivity contribution >= 4 is 23.2 Å². The lowest BCUT2D eigenvalue weighted by atomic mass is 10.0. The Labute approximate surface area is 165 Å². The summed E-state index contributed by atoms with van der Waals surface area (Å²) in [6.07, 6.45) is -0.952. The van der Waals surface area contributed by atoms with Crippen molar-refractivity contribution in [3.05, 3.63) is 106 Å². The lowest BCUT2D eigenvalue weighted by molar-refractivity contribution is -0.385. The van der Waals surface area contributed by atoms with Gasteiger partial charge in [0.1, 0.15) is 0 Å². The third kappa shape index (κ3) is 3.39. The van der Waals surface area contributed by atoms with Crippen LogP contribution in [0.4, 0.5) is 11.4 Å². The van der Waals surface area contributed by atoms with E-state index in [4.69, 9.17) is 0 Å². The average Bonchev–Trinajstić information content (AvgIpc) is 2.76. The first-order chi connectivity index (χ1) is 14.1. The van der Waals surface area contributed by atoms with Crippen molar-refractivity contribution in [3.8, 4) is 0 Å². The summed E-state index contributed by atoms with van der Waals surface area (Å²) in [5.41, 5.74) is 3.95. The summed E-state index contributed by atoms with van der Waals surface area (Å²) < 4.78 is 0. The van der Waals surface area contributed by atoms with Crippen molar-refractivity contribution in [2.45, 2.75) is 6.17 Å². The van der Waals surface area contributed by atoms with E-state index in [0.29, 0.717) is 16.8 Å². The van der Waals surface area contributed by atoms with Crippen molar-refractivity contribution in [2.75, 3.05) is 5.32 Å². The Hall–Kier alpha value is -4.20. The standard InChI is InChI=1S/C21H16N4O4/c26-20(14-8-2-1-3-9-14)23-24-19(16-11-5-7-13-18(16)25(28)29)22-17-12-6-4-10-15(17)21(24)27/h1-13,19,22H,(H,23,26)/t19-/m1/s1. The molecule has 0 radical (unpaired) electrons. The first-order valence-electron chi connectivity index (χ1n) is 8.85. The van der Waals surface area contributed by atoms with Crippen LogP contribution in [0.3, 0.4) is 0 Å². The number of hydrazine groups is 1. The molecule has 2 N–H and O–H groups in total. The highest BCUT2D eigenvalue weighted by Crippen LogP contribution is 2.35. The number of amides is 2. The van der Waals surface area contributed by atoms with Crippen molar-refractivity contribution in [1.82, 2.24) is 10.4 Å². The Balaban J connectivity index is 1.78. The number of nitrogens with zero attached hydrogens (tertiary/aromatic N) is 2. The minimum absolute atomic E-state index is 0.156. The van der Waals surface area contributed by atoms with Crippen LogP contribution in [-0.4, -0.2) is 21.7 Å². The van der Waals surface area contributed by atoms with Crippen molar-refractivity contribution < 1.29 is 14.5 Å². The normalized spacial score (nSPS) is 15.2. The number of carbonyl (C=O) groups is 2. The minimum atomic E-state index is -0.952. The van der Waals surface area contributed by atoms with Gasteiger partial charge in [-0.05, 0) is 30.3 Å². The largest absolute Gasteiger partial charge is 0.359 e. The van der Waals surface area contributed by atoms with Gasteiger partial charge in [0.25, 0.3) is 17.5 Å². The molecule has 0 aromatic heterocycles. The number of hydrogen-bond donors (Lipinski definition) is 2. The van der Waals surface area contributed by atoms with Crippen LogP contribution in [0.15, 0.2) is 78.9 Å². The fourth-order valence-corrected chi connectivity index (χ4v) is 3.23. The number of nitrogens with one attached hydrogen (secondary N) is 2. The van der Waals surface area contributed by atoms with Crippen LogP contribution in [0.1, 0.15) is 32.4 Å². The molecule has 0 unspecified atom stereocenters. The van der Waals surface area contributed by atoms with Gasteiger partial charge in [0, 0.05) is 17.3 Å². The van der Waals surface area contributed by atoms with Gasteiger partial charge in [0.2, 0.25) is 0 Å². The molecule has 1 aliphatic heterocycles. The molecule has 144 valence electrons. The summed E-state index contributed by atoms with van der Waals surface area (Å²) in [5, 5.41) is 15.8. The minimum Gasteiger partial charge on any atom is -0.359 e. The number of nitro benzene ring substituents is 1. The van der Waals surface area contributed by atoms with Crippen LogP contribution >= 0.6 is 0 Å². The quantitative estimate of drug-likeness (QED) is 0.526. The van der Waals surface area contributed by atoms with Crippen LogP contribution in [0, 0.1) is 10.1 Å². The van der Waals surface area contributed by atoms with E-state index >= 15 is 0 Å². The molecule has 2 amide bonds. The Bertz CT molecular complexity index is 1100. The summed E-state index contributed by atoms with van der Waals surface area (Å²) in [5.74, 6) is -0.963. The zero-order valence-corrected chi connectivity index (χ0v) is 15.1. The van der Waals surface area contributed by atoms with Crippen molar-refractivity contribution in [1.29, 1.82) is 0 Å². The fourth-order valence-electron chi connectivity index (χ4n) is 3.23. The molecule has 0 saturated carbocycles. The number of anilines is 1. The summed E-state index contributed by atoms with van der Waals surface area (Å²) in [6, 6.07) is 21.3. The smallest absolute Gasteiger partial charge is 0.276 e. The predicted octanol–water partition coefficient (Wildman–Crippen LogP) is 3.51. The second-order valence-corrected chi connectivity index (χ2v) is 6.39. The number of benzene rings is 3. The third-order valence-corrected chi connectivity index (χ3v) is 4.61. The number of fused-ring (bicyclic) bond motifs is 1. The molecule has 0 saturated heterocycles. The van der Waals surface area contributed by atoms with Gasteiger partial charge in [-0.25, -0.2) is 5.01 Å². The van der Waals surface area contributed by atoms with E-state index in [1.54, 1.807) is 72.8 Å². The Morgan fingerprint density at radius 1 is 0.966 bits per heavy atom. The molecular formula is C21H16N4O4. The highest BCUT2D eigenvalue weighted by molar-refractivity contribution is 6.04. The molecule has 1 atom stereocenters. The SMILES string of the molecule is O=C(NN1C(=O)c2ccccc2N[C@H]1c1ccccc1[N+](=O)[O-])c1ccccc1. The molecule has 4 rings (SSSR count). The van der Waals surface area contributed by atoms with Crippen LogP contribution in [-0.2, 0) is 0 Å². The summed E-state index contributed by atoms with van der Waals surface area (Å²) in [6.45, 7) is 0. The van der Waals surface area contributed by atoms with E-state index in [1.807, 2.05) is 0 Å². The van der Waals surface area contributed by atoms with E-state index in [2.05, 4.69) is 10.7 Å². The zero-order valence-electron chi connectivity index (χ0n) is 15.1. The Morgan fingerprint density at radius 2 is 1.62 bits per heavy atom. The van der Waals surface area contributed by atoms with Crippen LogP contribution < -0.4 is 10.7 Å². The van der Waals surface area contributed by atoms with E-state index in [1.165, 1.54) is 6.07 Å². The molecule has 0 bridgehead atoms. The second-order valence-electron chi connectivity index (χ2n) is 6.39. The van der Waals surface area contributed by atoms with Crippen LogP contribution in [0.25, 0.3) is 0 Å². The Morgan fingerprint density at radius 3 is 2.38 bits per heavy atom. The lowest BCUT2D eigenvalue weighted by Gasteiger charge is -2.37. The van der Waals surface area contributed by atoms with Gasteiger partial charge in [-0.3, -0.25) is 25.1 Å². The molecule has 1 aliphatic rings. The molecule has 0 fully saturated rings. The van der Waals surface area contributed by atoms with Gasteiger partial charge in [-0.2, -0.15) is 0 Å². The average molecular weight is 388 g/mol.